The molecule has 1 unspecified atom stereocenters. The van der Waals surface area contributed by atoms with Gasteiger partial charge in [0, 0.05) is 4.88 Å². The molecular weight excluding hydrogens is 344 g/mol. The molecular formula is C17H24N2O5S. The minimum Gasteiger partial charge on any atom is -0.480 e. The van der Waals surface area contributed by atoms with E-state index in [2.05, 4.69) is 26.1 Å². The molecule has 1 heterocycles. The lowest BCUT2D eigenvalue weighted by atomic mass is 9.72. The van der Waals surface area contributed by atoms with Crippen molar-refractivity contribution in [2.24, 2.45) is 17.1 Å². The number of carbonyl (C=O) groups excluding carboxylic acids is 2. The van der Waals surface area contributed by atoms with E-state index < -0.39 is 31.0 Å². The predicted octanol–water partition coefficient (Wildman–Crippen LogP) is 2.04. The SMILES string of the molecule is CC(C)(C)C1CCc2c(sc(NC(=O)COCC(=O)O)c2C(N)=O)C1. The number of aliphatic carboxylic acids is 1. The van der Waals surface area contributed by atoms with Gasteiger partial charge in [-0.25, -0.2) is 4.79 Å². The first kappa shape index (κ1) is 19.4. The summed E-state index contributed by atoms with van der Waals surface area (Å²) in [7, 11) is 0. The fourth-order valence-corrected chi connectivity index (χ4v) is 4.42. The highest BCUT2D eigenvalue weighted by Crippen LogP contribution is 2.44. The maximum Gasteiger partial charge on any atom is 0.329 e. The zero-order valence-electron chi connectivity index (χ0n) is 14.7. The fourth-order valence-electron chi connectivity index (χ4n) is 3.07. The minimum absolute atomic E-state index is 0.169. The van der Waals surface area contributed by atoms with Crippen LogP contribution in [-0.2, 0) is 27.2 Å². The molecule has 2 rings (SSSR count). The molecule has 2 amide bonds. The van der Waals surface area contributed by atoms with E-state index in [1.807, 2.05) is 0 Å². The lowest BCUT2D eigenvalue weighted by Crippen LogP contribution is -2.27. The number of hydrogen-bond acceptors (Lipinski definition) is 5. The maximum absolute atomic E-state index is 11.9. The Labute approximate surface area is 150 Å². The van der Waals surface area contributed by atoms with Crippen LogP contribution < -0.4 is 11.1 Å². The van der Waals surface area contributed by atoms with Gasteiger partial charge in [-0.15, -0.1) is 11.3 Å². The summed E-state index contributed by atoms with van der Waals surface area (Å²) in [6, 6.07) is 0. The molecule has 0 aromatic carbocycles. The monoisotopic (exact) mass is 368 g/mol. The summed E-state index contributed by atoms with van der Waals surface area (Å²) in [4.78, 5) is 35.3. The van der Waals surface area contributed by atoms with E-state index in [1.165, 1.54) is 11.3 Å². The van der Waals surface area contributed by atoms with E-state index in [9.17, 15) is 14.4 Å². The average Bonchev–Trinajstić information content (AvgIpc) is 2.82. The highest BCUT2D eigenvalue weighted by Gasteiger charge is 2.33. The van der Waals surface area contributed by atoms with Gasteiger partial charge in [0.05, 0.1) is 5.56 Å². The van der Waals surface area contributed by atoms with Crippen LogP contribution in [0.2, 0.25) is 0 Å². The van der Waals surface area contributed by atoms with Gasteiger partial charge in [-0.1, -0.05) is 20.8 Å². The Morgan fingerprint density at radius 1 is 1.32 bits per heavy atom. The van der Waals surface area contributed by atoms with Gasteiger partial charge in [0.25, 0.3) is 11.8 Å². The van der Waals surface area contributed by atoms with Gasteiger partial charge in [-0.2, -0.15) is 0 Å². The van der Waals surface area contributed by atoms with E-state index >= 15 is 0 Å². The molecule has 0 saturated carbocycles. The number of carbonyl (C=O) groups is 3. The number of hydrogen-bond donors (Lipinski definition) is 3. The number of primary amides is 1. The van der Waals surface area contributed by atoms with Crippen molar-refractivity contribution in [3.05, 3.63) is 16.0 Å². The van der Waals surface area contributed by atoms with Crippen LogP contribution in [0.4, 0.5) is 5.00 Å². The van der Waals surface area contributed by atoms with Gasteiger partial charge >= 0.3 is 5.97 Å². The molecule has 25 heavy (non-hydrogen) atoms. The van der Waals surface area contributed by atoms with Crippen molar-refractivity contribution in [2.75, 3.05) is 18.5 Å². The molecule has 1 atom stereocenters. The summed E-state index contributed by atoms with van der Waals surface area (Å²) in [6.07, 6.45) is 2.59. The normalized spacial score (nSPS) is 17.0. The van der Waals surface area contributed by atoms with Crippen LogP contribution >= 0.6 is 11.3 Å². The Kier molecular flexibility index (Phi) is 5.84. The number of nitrogens with two attached hydrogens (primary N) is 1. The molecule has 0 aliphatic heterocycles. The van der Waals surface area contributed by atoms with Gasteiger partial charge in [0.15, 0.2) is 0 Å². The number of ether oxygens (including phenoxy) is 1. The molecule has 0 spiro atoms. The highest BCUT2D eigenvalue weighted by molar-refractivity contribution is 7.17. The third kappa shape index (κ3) is 4.79. The minimum atomic E-state index is -1.15. The van der Waals surface area contributed by atoms with Gasteiger partial charge in [0.2, 0.25) is 0 Å². The Balaban J connectivity index is 2.17. The van der Waals surface area contributed by atoms with Gasteiger partial charge in [-0.3, -0.25) is 9.59 Å². The second-order valence-corrected chi connectivity index (χ2v) is 8.42. The lowest BCUT2D eigenvalue weighted by Gasteiger charge is -2.33. The molecule has 1 aliphatic rings. The second kappa shape index (κ2) is 7.53. The van der Waals surface area contributed by atoms with Crippen molar-refractivity contribution in [1.82, 2.24) is 0 Å². The maximum atomic E-state index is 11.9. The van der Waals surface area contributed by atoms with Crippen molar-refractivity contribution in [1.29, 1.82) is 0 Å². The molecule has 0 bridgehead atoms. The number of carboxylic acid groups (broad SMARTS) is 1. The van der Waals surface area contributed by atoms with Crippen LogP contribution in [0.3, 0.4) is 0 Å². The molecule has 1 aliphatic carbocycles. The lowest BCUT2D eigenvalue weighted by molar-refractivity contribution is -0.143. The van der Waals surface area contributed by atoms with Crippen molar-refractivity contribution >= 4 is 34.1 Å². The molecule has 1 aromatic heterocycles. The van der Waals surface area contributed by atoms with E-state index in [0.717, 1.165) is 29.7 Å². The first-order valence-electron chi connectivity index (χ1n) is 8.13. The third-order valence-electron chi connectivity index (χ3n) is 4.45. The first-order chi connectivity index (χ1) is 11.6. The quantitative estimate of drug-likeness (QED) is 0.710. The molecule has 0 fully saturated rings. The number of nitrogens with one attached hydrogen (secondary N) is 1. The summed E-state index contributed by atoms with van der Waals surface area (Å²) < 4.78 is 4.77. The highest BCUT2D eigenvalue weighted by atomic mass is 32.1. The van der Waals surface area contributed by atoms with Gasteiger partial charge < -0.3 is 20.9 Å². The number of anilines is 1. The van der Waals surface area contributed by atoms with Gasteiger partial charge in [-0.05, 0) is 36.2 Å². The Bertz CT molecular complexity index is 690. The molecule has 138 valence electrons. The zero-order chi connectivity index (χ0) is 18.8. The Hall–Kier alpha value is -1.93. The van der Waals surface area contributed by atoms with Crippen molar-refractivity contribution in [3.8, 4) is 0 Å². The molecule has 0 radical (unpaired) electrons. The number of amides is 2. The molecule has 1 aromatic rings. The number of rotatable bonds is 6. The predicted molar refractivity (Wildman–Crippen MR) is 94.9 cm³/mol. The molecule has 4 N–H and O–H groups in total. The second-order valence-electron chi connectivity index (χ2n) is 7.31. The molecule has 8 heteroatoms. The van der Waals surface area contributed by atoms with Crippen LogP contribution in [0.25, 0.3) is 0 Å². The van der Waals surface area contributed by atoms with Crippen LogP contribution in [0.1, 0.15) is 48.0 Å². The standard InChI is InChI=1S/C17H24N2O5S/c1-17(2,3)9-4-5-10-11(6-9)25-16(14(10)15(18)23)19-12(20)7-24-8-13(21)22/h9H,4-8H2,1-3H3,(H2,18,23)(H,19,20)(H,21,22). The fraction of sp³-hybridized carbons (Fsp3) is 0.588. The summed E-state index contributed by atoms with van der Waals surface area (Å²) >= 11 is 1.37. The van der Waals surface area contributed by atoms with Crippen molar-refractivity contribution in [2.45, 2.75) is 40.0 Å². The van der Waals surface area contributed by atoms with E-state index in [-0.39, 0.29) is 5.41 Å². The Morgan fingerprint density at radius 2 is 2.00 bits per heavy atom. The van der Waals surface area contributed by atoms with Crippen LogP contribution in [-0.4, -0.2) is 36.1 Å². The summed E-state index contributed by atoms with van der Waals surface area (Å²) in [5, 5.41) is 11.6. The summed E-state index contributed by atoms with van der Waals surface area (Å²) in [5.41, 5.74) is 7.00. The summed E-state index contributed by atoms with van der Waals surface area (Å²) in [5.74, 6) is -1.71. The number of fused-ring (bicyclic) bond motifs is 1. The number of carboxylic acids is 1. The van der Waals surface area contributed by atoms with Crippen LogP contribution in [0.5, 0.6) is 0 Å². The van der Waals surface area contributed by atoms with Crippen molar-refractivity contribution < 1.29 is 24.2 Å². The van der Waals surface area contributed by atoms with Crippen LogP contribution in [0, 0.1) is 11.3 Å². The molecule has 7 nitrogen and oxygen atoms in total. The summed E-state index contributed by atoms with van der Waals surface area (Å²) in [6.45, 7) is 5.66. The van der Waals surface area contributed by atoms with E-state index in [4.69, 9.17) is 15.6 Å². The molecule has 0 saturated heterocycles. The largest absolute Gasteiger partial charge is 0.480 e. The van der Waals surface area contributed by atoms with E-state index in [0.29, 0.717) is 16.5 Å². The first-order valence-corrected chi connectivity index (χ1v) is 8.95. The Morgan fingerprint density at radius 3 is 2.56 bits per heavy atom. The number of thiophene rings is 1. The van der Waals surface area contributed by atoms with E-state index in [1.54, 1.807) is 0 Å². The topological polar surface area (TPSA) is 119 Å². The van der Waals surface area contributed by atoms with Crippen LogP contribution in [0.15, 0.2) is 0 Å². The third-order valence-corrected chi connectivity index (χ3v) is 5.62. The zero-order valence-corrected chi connectivity index (χ0v) is 15.5. The van der Waals surface area contributed by atoms with Crippen molar-refractivity contribution in [3.63, 3.8) is 0 Å². The average molecular weight is 368 g/mol. The van der Waals surface area contributed by atoms with Gasteiger partial charge in [0.1, 0.15) is 18.2 Å². The smallest absolute Gasteiger partial charge is 0.329 e.